The van der Waals surface area contributed by atoms with Gasteiger partial charge in [0, 0.05) is 24.7 Å². The molecule has 2 aliphatic rings. The van der Waals surface area contributed by atoms with Gasteiger partial charge in [-0.05, 0) is 32.0 Å². The average Bonchev–Trinajstić information content (AvgIpc) is 2.95. The third kappa shape index (κ3) is 3.20. The fourth-order valence-corrected chi connectivity index (χ4v) is 2.91. The molecule has 0 atom stereocenters. The zero-order valence-electron chi connectivity index (χ0n) is 11.7. The Morgan fingerprint density at radius 3 is 2.71 bits per heavy atom. The smallest absolute Gasteiger partial charge is 0.254 e. The predicted molar refractivity (Wildman–Crippen MR) is 82.8 cm³/mol. The molecule has 1 fully saturated rings. The number of piperidine rings is 1. The minimum absolute atomic E-state index is 0. The molecule has 0 bridgehead atoms. The predicted octanol–water partition coefficient (Wildman–Crippen LogP) is 2.31. The van der Waals surface area contributed by atoms with E-state index in [0.717, 1.165) is 25.9 Å². The first-order chi connectivity index (χ1) is 9.69. The highest BCUT2D eigenvalue weighted by Crippen LogP contribution is 2.40. The molecule has 0 radical (unpaired) electrons. The minimum atomic E-state index is -0.000229. The number of hydrogen-bond acceptors (Lipinski definition) is 4. The number of hydrogen-bond donors (Lipinski definition) is 1. The maximum Gasteiger partial charge on any atom is 0.254 e. The number of amides is 1. The van der Waals surface area contributed by atoms with Crippen LogP contribution in [0.4, 0.5) is 0 Å². The van der Waals surface area contributed by atoms with Gasteiger partial charge in [0.25, 0.3) is 5.91 Å². The van der Waals surface area contributed by atoms with Crippen LogP contribution < -0.4 is 14.8 Å². The van der Waals surface area contributed by atoms with Crippen LogP contribution in [0, 0.1) is 0 Å². The molecule has 0 saturated carbocycles. The molecule has 0 aliphatic carbocycles. The van der Waals surface area contributed by atoms with Crippen molar-refractivity contribution in [2.75, 3.05) is 26.9 Å². The summed E-state index contributed by atoms with van der Waals surface area (Å²) >= 11 is 6.12. The lowest BCUT2D eigenvalue weighted by atomic mass is 10.0. The number of nitrogens with one attached hydrogen (secondary N) is 1. The molecular formula is C14H18Cl2N2O3. The Morgan fingerprint density at radius 1 is 1.33 bits per heavy atom. The summed E-state index contributed by atoms with van der Waals surface area (Å²) in [5, 5.41) is 3.68. The van der Waals surface area contributed by atoms with Crippen LogP contribution in [0.2, 0.25) is 5.02 Å². The van der Waals surface area contributed by atoms with E-state index in [4.69, 9.17) is 21.1 Å². The number of likely N-dealkylation sites (tertiary alicyclic amines) is 1. The van der Waals surface area contributed by atoms with Gasteiger partial charge in [-0.3, -0.25) is 4.79 Å². The SMILES string of the molecule is CNC1CCN(C(=O)c2cc(Cl)c3c(c2)OCO3)CC1.Cl. The van der Waals surface area contributed by atoms with Gasteiger partial charge in [-0.1, -0.05) is 11.6 Å². The monoisotopic (exact) mass is 332 g/mol. The number of ether oxygens (including phenoxy) is 2. The van der Waals surface area contributed by atoms with Crippen molar-refractivity contribution >= 4 is 29.9 Å². The van der Waals surface area contributed by atoms with Gasteiger partial charge in [-0.2, -0.15) is 0 Å². The number of carbonyl (C=O) groups excluding carboxylic acids is 1. The largest absolute Gasteiger partial charge is 0.454 e. The highest BCUT2D eigenvalue weighted by atomic mass is 35.5. The van der Waals surface area contributed by atoms with E-state index in [9.17, 15) is 4.79 Å². The molecule has 1 aromatic rings. The van der Waals surface area contributed by atoms with Crippen molar-refractivity contribution in [3.63, 3.8) is 0 Å². The second-order valence-corrected chi connectivity index (χ2v) is 5.45. The first-order valence-corrected chi connectivity index (χ1v) is 7.12. The van der Waals surface area contributed by atoms with Crippen LogP contribution in [-0.4, -0.2) is 43.8 Å². The van der Waals surface area contributed by atoms with Crippen molar-refractivity contribution in [3.05, 3.63) is 22.7 Å². The molecule has 0 aromatic heterocycles. The maximum absolute atomic E-state index is 12.5. The molecule has 1 aromatic carbocycles. The van der Waals surface area contributed by atoms with Gasteiger partial charge < -0.3 is 19.7 Å². The van der Waals surface area contributed by atoms with E-state index in [2.05, 4.69) is 5.32 Å². The number of halogens is 2. The van der Waals surface area contributed by atoms with Crippen molar-refractivity contribution in [2.45, 2.75) is 18.9 Å². The Hall–Kier alpha value is -1.17. The van der Waals surface area contributed by atoms with E-state index in [1.807, 2.05) is 11.9 Å². The second-order valence-electron chi connectivity index (χ2n) is 5.05. The fourth-order valence-electron chi connectivity index (χ4n) is 2.64. The van der Waals surface area contributed by atoms with Crippen LogP contribution in [0.1, 0.15) is 23.2 Å². The summed E-state index contributed by atoms with van der Waals surface area (Å²) in [6, 6.07) is 3.86. The molecule has 0 unspecified atom stereocenters. The molecule has 2 heterocycles. The van der Waals surface area contributed by atoms with E-state index in [1.165, 1.54) is 0 Å². The van der Waals surface area contributed by atoms with Crippen LogP contribution >= 0.6 is 24.0 Å². The summed E-state index contributed by atoms with van der Waals surface area (Å²) in [5.74, 6) is 1.07. The Morgan fingerprint density at radius 2 is 2.05 bits per heavy atom. The zero-order chi connectivity index (χ0) is 14.1. The van der Waals surface area contributed by atoms with Gasteiger partial charge in [-0.25, -0.2) is 0 Å². The quantitative estimate of drug-likeness (QED) is 0.902. The van der Waals surface area contributed by atoms with Crippen molar-refractivity contribution in [1.82, 2.24) is 10.2 Å². The molecule has 1 saturated heterocycles. The molecule has 2 aliphatic heterocycles. The number of rotatable bonds is 2. The second kappa shape index (κ2) is 6.73. The summed E-state index contributed by atoms with van der Waals surface area (Å²) in [5.41, 5.74) is 0.558. The topological polar surface area (TPSA) is 50.8 Å². The standard InChI is InChI=1S/C14H17ClN2O3.ClH/c1-16-10-2-4-17(5-3-10)14(18)9-6-11(15)13-12(7-9)19-8-20-13;/h6-7,10,16H,2-5,8H2,1H3;1H. The molecular weight excluding hydrogens is 315 g/mol. The average molecular weight is 333 g/mol. The van der Waals surface area contributed by atoms with Gasteiger partial charge in [0.15, 0.2) is 11.5 Å². The van der Waals surface area contributed by atoms with Crippen LogP contribution in [-0.2, 0) is 0 Å². The fraction of sp³-hybridized carbons (Fsp3) is 0.500. The van der Waals surface area contributed by atoms with Crippen LogP contribution in [0.3, 0.4) is 0 Å². The highest BCUT2D eigenvalue weighted by Gasteiger charge is 2.26. The van der Waals surface area contributed by atoms with Crippen molar-refractivity contribution in [3.8, 4) is 11.5 Å². The molecule has 21 heavy (non-hydrogen) atoms. The van der Waals surface area contributed by atoms with Crippen molar-refractivity contribution in [1.29, 1.82) is 0 Å². The Labute approximate surface area is 134 Å². The van der Waals surface area contributed by atoms with Gasteiger partial charge in [0.05, 0.1) is 5.02 Å². The Kier molecular flexibility index (Phi) is 5.19. The van der Waals surface area contributed by atoms with E-state index < -0.39 is 0 Å². The van der Waals surface area contributed by atoms with E-state index in [1.54, 1.807) is 12.1 Å². The number of carbonyl (C=O) groups is 1. The first kappa shape index (κ1) is 16.2. The van der Waals surface area contributed by atoms with Crippen LogP contribution in [0.5, 0.6) is 11.5 Å². The normalized spacial score (nSPS) is 17.5. The Balaban J connectivity index is 0.00000161. The molecule has 7 heteroatoms. The summed E-state index contributed by atoms with van der Waals surface area (Å²) in [7, 11) is 1.96. The van der Waals surface area contributed by atoms with Crippen LogP contribution in [0.25, 0.3) is 0 Å². The summed E-state index contributed by atoms with van der Waals surface area (Å²) in [6.07, 6.45) is 1.95. The number of benzene rings is 1. The molecule has 3 rings (SSSR count). The first-order valence-electron chi connectivity index (χ1n) is 6.74. The lowest BCUT2D eigenvalue weighted by Gasteiger charge is -2.31. The summed E-state index contributed by atoms with van der Waals surface area (Å²) in [4.78, 5) is 14.4. The molecule has 5 nitrogen and oxygen atoms in total. The number of fused-ring (bicyclic) bond motifs is 1. The van der Waals surface area contributed by atoms with Crippen molar-refractivity contribution in [2.24, 2.45) is 0 Å². The zero-order valence-corrected chi connectivity index (χ0v) is 13.3. The molecule has 116 valence electrons. The third-order valence-electron chi connectivity index (χ3n) is 3.86. The highest BCUT2D eigenvalue weighted by molar-refractivity contribution is 6.32. The van der Waals surface area contributed by atoms with Gasteiger partial charge in [-0.15, -0.1) is 12.4 Å². The van der Waals surface area contributed by atoms with E-state index in [0.29, 0.717) is 28.1 Å². The summed E-state index contributed by atoms with van der Waals surface area (Å²) in [6.45, 7) is 1.67. The van der Waals surface area contributed by atoms with Gasteiger partial charge in [0.2, 0.25) is 6.79 Å². The van der Waals surface area contributed by atoms with Gasteiger partial charge >= 0.3 is 0 Å². The number of nitrogens with zero attached hydrogens (tertiary/aromatic N) is 1. The molecule has 0 spiro atoms. The summed E-state index contributed by atoms with van der Waals surface area (Å²) < 4.78 is 10.6. The molecule has 1 amide bonds. The Bertz CT molecular complexity index is 531. The lowest BCUT2D eigenvalue weighted by molar-refractivity contribution is 0.0707. The van der Waals surface area contributed by atoms with Crippen LogP contribution in [0.15, 0.2) is 12.1 Å². The van der Waals surface area contributed by atoms with Crippen molar-refractivity contribution < 1.29 is 14.3 Å². The van der Waals surface area contributed by atoms with E-state index >= 15 is 0 Å². The lowest BCUT2D eigenvalue weighted by Crippen LogP contribution is -2.43. The maximum atomic E-state index is 12.5. The van der Waals surface area contributed by atoms with Gasteiger partial charge in [0.1, 0.15) is 0 Å². The minimum Gasteiger partial charge on any atom is -0.454 e. The molecule has 1 N–H and O–H groups in total. The van der Waals surface area contributed by atoms with E-state index in [-0.39, 0.29) is 25.1 Å². The third-order valence-corrected chi connectivity index (χ3v) is 4.15.